The van der Waals surface area contributed by atoms with Gasteiger partial charge >= 0.3 is 17.3 Å². The van der Waals surface area contributed by atoms with Crippen molar-refractivity contribution in [3.63, 3.8) is 0 Å². The minimum atomic E-state index is -1.04. The second kappa shape index (κ2) is 7.29. The van der Waals surface area contributed by atoms with Crippen molar-refractivity contribution in [2.75, 3.05) is 6.54 Å². The molecule has 0 aliphatic rings. The third-order valence-corrected chi connectivity index (χ3v) is 3.09. The van der Waals surface area contributed by atoms with Crippen molar-refractivity contribution in [2.45, 2.75) is 25.2 Å². The number of nitro groups is 2. The largest absolute Gasteiger partial charge is 0.481 e. The Balaban J connectivity index is 3.29. The summed E-state index contributed by atoms with van der Waals surface area (Å²) in [6.45, 7) is 0.199. The molecule has 1 atom stereocenters. The maximum Gasteiger partial charge on any atom is 0.349 e. The Bertz CT molecular complexity index is 560. The van der Waals surface area contributed by atoms with E-state index in [1.54, 1.807) is 0 Å². The quantitative estimate of drug-likeness (QED) is 0.548. The predicted octanol–water partition coefficient (Wildman–Crippen LogP) is 1.80. The summed E-state index contributed by atoms with van der Waals surface area (Å²) in [7, 11) is 0. The summed E-state index contributed by atoms with van der Waals surface area (Å²) < 4.78 is 0. The van der Waals surface area contributed by atoms with Gasteiger partial charge in [0.05, 0.1) is 9.85 Å². The molecular weight excluding hydrogens is 282 g/mol. The van der Waals surface area contributed by atoms with Gasteiger partial charge in [0.2, 0.25) is 0 Å². The first kappa shape index (κ1) is 16.5. The fourth-order valence-electron chi connectivity index (χ4n) is 2.18. The van der Waals surface area contributed by atoms with Crippen LogP contribution in [-0.2, 0) is 4.79 Å². The molecule has 114 valence electrons. The topological polar surface area (TPSA) is 150 Å². The third kappa shape index (κ3) is 4.21. The van der Waals surface area contributed by atoms with Gasteiger partial charge in [0.15, 0.2) is 0 Å². The van der Waals surface area contributed by atoms with Crippen molar-refractivity contribution in [1.82, 2.24) is 0 Å². The van der Waals surface area contributed by atoms with Crippen LogP contribution in [-0.4, -0.2) is 27.5 Å². The Morgan fingerprint density at radius 1 is 1.24 bits per heavy atom. The minimum absolute atomic E-state index is 0.133. The number of para-hydroxylation sites is 1. The molecule has 9 heteroatoms. The molecule has 21 heavy (non-hydrogen) atoms. The van der Waals surface area contributed by atoms with Crippen LogP contribution in [0.5, 0.6) is 0 Å². The van der Waals surface area contributed by atoms with Gasteiger partial charge in [0.1, 0.15) is 0 Å². The van der Waals surface area contributed by atoms with Gasteiger partial charge in [0, 0.05) is 18.1 Å². The molecule has 0 radical (unpaired) electrons. The van der Waals surface area contributed by atoms with E-state index in [0.29, 0.717) is 6.42 Å². The molecule has 0 heterocycles. The van der Waals surface area contributed by atoms with E-state index in [0.717, 1.165) is 6.07 Å². The third-order valence-electron chi connectivity index (χ3n) is 3.09. The van der Waals surface area contributed by atoms with E-state index >= 15 is 0 Å². The molecule has 0 aromatic heterocycles. The first-order valence-corrected chi connectivity index (χ1v) is 6.22. The smallest absolute Gasteiger partial charge is 0.349 e. The van der Waals surface area contributed by atoms with Gasteiger partial charge in [-0.2, -0.15) is 0 Å². The Morgan fingerprint density at radius 2 is 1.90 bits per heavy atom. The summed E-state index contributed by atoms with van der Waals surface area (Å²) in [5.41, 5.74) is 4.41. The van der Waals surface area contributed by atoms with E-state index in [1.165, 1.54) is 12.1 Å². The van der Waals surface area contributed by atoms with Crippen LogP contribution in [0.2, 0.25) is 0 Å². The standard InChI is InChI=1S/C12H15N3O6/c13-7-6-8(4-5-11(16)17)9-2-1-3-10(14(18)19)12(9)15(20)21/h1-3,8H,4-7,13H2,(H,16,17). The lowest BCUT2D eigenvalue weighted by Crippen LogP contribution is -2.12. The van der Waals surface area contributed by atoms with Crippen LogP contribution < -0.4 is 5.73 Å². The van der Waals surface area contributed by atoms with E-state index in [4.69, 9.17) is 10.8 Å². The van der Waals surface area contributed by atoms with Crippen molar-refractivity contribution in [2.24, 2.45) is 5.73 Å². The molecule has 1 aromatic rings. The van der Waals surface area contributed by atoms with Crippen LogP contribution in [0.3, 0.4) is 0 Å². The number of carboxylic acids is 1. The van der Waals surface area contributed by atoms with Crippen molar-refractivity contribution < 1.29 is 19.7 Å². The number of carbonyl (C=O) groups is 1. The van der Waals surface area contributed by atoms with E-state index in [1.807, 2.05) is 0 Å². The summed E-state index contributed by atoms with van der Waals surface area (Å²) in [5.74, 6) is -1.54. The van der Waals surface area contributed by atoms with Gasteiger partial charge in [-0.05, 0) is 25.3 Å². The van der Waals surface area contributed by atoms with Gasteiger partial charge in [-0.3, -0.25) is 25.0 Å². The lowest BCUT2D eigenvalue weighted by molar-refractivity contribution is -0.423. The average molecular weight is 297 g/mol. The average Bonchev–Trinajstić information content (AvgIpc) is 2.42. The highest BCUT2D eigenvalue weighted by molar-refractivity contribution is 5.67. The monoisotopic (exact) mass is 297 g/mol. The zero-order valence-corrected chi connectivity index (χ0v) is 11.1. The van der Waals surface area contributed by atoms with Gasteiger partial charge in [-0.25, -0.2) is 0 Å². The molecule has 0 saturated carbocycles. The second-order valence-corrected chi connectivity index (χ2v) is 4.44. The fourth-order valence-corrected chi connectivity index (χ4v) is 2.18. The number of nitrogens with two attached hydrogens (primary N) is 1. The number of aliphatic carboxylic acids is 1. The second-order valence-electron chi connectivity index (χ2n) is 4.44. The Morgan fingerprint density at radius 3 is 2.38 bits per heavy atom. The molecule has 3 N–H and O–H groups in total. The van der Waals surface area contributed by atoms with E-state index in [-0.39, 0.29) is 24.9 Å². The first-order chi connectivity index (χ1) is 9.88. The van der Waals surface area contributed by atoms with E-state index < -0.39 is 33.1 Å². The van der Waals surface area contributed by atoms with Crippen molar-refractivity contribution in [1.29, 1.82) is 0 Å². The molecule has 1 aromatic carbocycles. The normalized spacial score (nSPS) is 11.9. The van der Waals surface area contributed by atoms with Gasteiger partial charge in [0.25, 0.3) is 0 Å². The summed E-state index contributed by atoms with van der Waals surface area (Å²) in [6, 6.07) is 3.82. The number of carboxylic acid groups (broad SMARTS) is 1. The van der Waals surface area contributed by atoms with Crippen molar-refractivity contribution >= 4 is 17.3 Å². The molecule has 0 fully saturated rings. The molecule has 0 aliphatic heterocycles. The molecule has 0 amide bonds. The molecule has 0 aliphatic carbocycles. The fraction of sp³-hybridized carbons (Fsp3) is 0.417. The highest BCUT2D eigenvalue weighted by Gasteiger charge is 2.31. The summed E-state index contributed by atoms with van der Waals surface area (Å²) in [4.78, 5) is 31.1. The van der Waals surface area contributed by atoms with Crippen LogP contribution in [0, 0.1) is 20.2 Å². The highest BCUT2D eigenvalue weighted by atomic mass is 16.6. The Hall–Kier alpha value is -2.55. The summed E-state index contributed by atoms with van der Waals surface area (Å²) in [5, 5.41) is 30.8. The first-order valence-electron chi connectivity index (χ1n) is 6.22. The van der Waals surface area contributed by atoms with Crippen molar-refractivity contribution in [3.8, 4) is 0 Å². The van der Waals surface area contributed by atoms with Crippen LogP contribution in [0.1, 0.15) is 30.7 Å². The van der Waals surface area contributed by atoms with Crippen LogP contribution >= 0.6 is 0 Å². The van der Waals surface area contributed by atoms with Crippen LogP contribution in [0.4, 0.5) is 11.4 Å². The van der Waals surface area contributed by atoms with E-state index in [9.17, 15) is 25.0 Å². The van der Waals surface area contributed by atoms with E-state index in [2.05, 4.69) is 0 Å². The number of hydrogen-bond donors (Lipinski definition) is 2. The van der Waals surface area contributed by atoms with Gasteiger partial charge in [-0.1, -0.05) is 12.1 Å². The summed E-state index contributed by atoms with van der Waals surface area (Å²) in [6.07, 6.45) is 0.258. The maximum atomic E-state index is 11.1. The SMILES string of the molecule is NCCC(CCC(=O)O)c1cccc([N+](=O)[O-])c1[N+](=O)[O-]. The molecule has 1 unspecified atom stereocenters. The molecule has 0 spiro atoms. The molecule has 0 saturated heterocycles. The Kier molecular flexibility index (Phi) is 5.73. The van der Waals surface area contributed by atoms with Crippen LogP contribution in [0.25, 0.3) is 0 Å². The zero-order chi connectivity index (χ0) is 16.0. The zero-order valence-electron chi connectivity index (χ0n) is 11.1. The van der Waals surface area contributed by atoms with Gasteiger partial charge < -0.3 is 10.8 Å². The molecule has 9 nitrogen and oxygen atoms in total. The maximum absolute atomic E-state index is 11.1. The molecule has 1 rings (SSSR count). The summed E-state index contributed by atoms with van der Waals surface area (Å²) >= 11 is 0. The number of hydrogen-bond acceptors (Lipinski definition) is 6. The molecular formula is C12H15N3O6. The van der Waals surface area contributed by atoms with Crippen LogP contribution in [0.15, 0.2) is 18.2 Å². The Labute approximate surface area is 119 Å². The number of nitro benzene ring substituents is 2. The predicted molar refractivity (Wildman–Crippen MR) is 73.0 cm³/mol. The lowest BCUT2D eigenvalue weighted by Gasteiger charge is -2.15. The minimum Gasteiger partial charge on any atom is -0.481 e. The number of benzene rings is 1. The van der Waals surface area contributed by atoms with Crippen molar-refractivity contribution in [3.05, 3.63) is 44.0 Å². The lowest BCUT2D eigenvalue weighted by atomic mass is 9.89. The highest BCUT2D eigenvalue weighted by Crippen LogP contribution is 2.38. The molecule has 0 bridgehead atoms. The van der Waals surface area contributed by atoms with Gasteiger partial charge in [-0.15, -0.1) is 0 Å². The number of rotatable bonds is 8. The number of nitrogens with zero attached hydrogens (tertiary/aromatic N) is 2.